The van der Waals surface area contributed by atoms with E-state index in [0.29, 0.717) is 15.8 Å². The van der Waals surface area contributed by atoms with E-state index in [1.807, 2.05) is 53.5 Å². The highest BCUT2D eigenvalue weighted by Crippen LogP contribution is 2.43. The van der Waals surface area contributed by atoms with Gasteiger partial charge in [0.1, 0.15) is 5.71 Å². The molecule has 1 heterocycles. The van der Waals surface area contributed by atoms with Crippen molar-refractivity contribution in [1.29, 1.82) is 0 Å². The van der Waals surface area contributed by atoms with Gasteiger partial charge >= 0.3 is 0 Å². The summed E-state index contributed by atoms with van der Waals surface area (Å²) in [6.07, 6.45) is 7.75. The van der Waals surface area contributed by atoms with Crippen LogP contribution in [0.15, 0.2) is 53.6 Å². The minimum atomic E-state index is -0.114. The highest BCUT2D eigenvalue weighted by Gasteiger charge is 2.41. The Morgan fingerprint density at radius 3 is 2.35 bits per heavy atom. The summed E-state index contributed by atoms with van der Waals surface area (Å²) < 4.78 is 0. The van der Waals surface area contributed by atoms with Gasteiger partial charge in [0.15, 0.2) is 0 Å². The lowest BCUT2D eigenvalue weighted by Gasteiger charge is -2.28. The molecule has 2 aliphatic rings. The Morgan fingerprint density at radius 2 is 1.71 bits per heavy atom. The van der Waals surface area contributed by atoms with Gasteiger partial charge in [0.2, 0.25) is 0 Å². The topological polar surface area (TPSA) is 44.7 Å². The van der Waals surface area contributed by atoms with Gasteiger partial charge in [0.25, 0.3) is 5.91 Å². The van der Waals surface area contributed by atoms with Gasteiger partial charge in [-0.05, 0) is 49.1 Å². The first-order valence-corrected chi connectivity index (χ1v) is 12.0. The highest BCUT2D eigenvalue weighted by molar-refractivity contribution is 6.41. The fourth-order valence-electron chi connectivity index (χ4n) is 4.76. The fraction of sp³-hybridized carbons (Fsp3) is 0.440. The third kappa shape index (κ3) is 4.91. The van der Waals surface area contributed by atoms with Crippen LogP contribution in [-0.2, 0) is 4.79 Å². The second-order valence-corrected chi connectivity index (χ2v) is 9.30. The van der Waals surface area contributed by atoms with Crippen LogP contribution in [0.1, 0.15) is 63.5 Å². The zero-order chi connectivity index (χ0) is 21.8. The first-order valence-electron chi connectivity index (χ1n) is 11.3. The Labute approximate surface area is 194 Å². The SMILES string of the molecule is CC[C@@H]1C(C(=O)NC2CCCCCC2)=NN(c2ccccc2Cl)[C@@H]1c1ccc(Cl)cc1. The molecule has 1 amide bonds. The summed E-state index contributed by atoms with van der Waals surface area (Å²) in [5.41, 5.74) is 2.46. The van der Waals surface area contributed by atoms with Crippen molar-refractivity contribution in [2.24, 2.45) is 11.0 Å². The number of hydrogen-bond donors (Lipinski definition) is 1. The Hall–Kier alpha value is -2.04. The molecule has 0 bridgehead atoms. The molecule has 1 aliphatic heterocycles. The molecule has 0 spiro atoms. The van der Waals surface area contributed by atoms with Gasteiger partial charge in [-0.15, -0.1) is 0 Å². The molecule has 4 rings (SSSR count). The molecule has 6 heteroatoms. The van der Waals surface area contributed by atoms with Crippen LogP contribution in [-0.4, -0.2) is 17.7 Å². The molecule has 31 heavy (non-hydrogen) atoms. The second kappa shape index (κ2) is 10.1. The predicted octanol–water partition coefficient (Wildman–Crippen LogP) is 6.78. The molecule has 2 aromatic rings. The zero-order valence-electron chi connectivity index (χ0n) is 17.9. The summed E-state index contributed by atoms with van der Waals surface area (Å²) >= 11 is 12.7. The molecule has 0 saturated heterocycles. The molecule has 1 fully saturated rings. The highest BCUT2D eigenvalue weighted by atomic mass is 35.5. The first-order chi connectivity index (χ1) is 15.1. The van der Waals surface area contributed by atoms with Gasteiger partial charge < -0.3 is 5.32 Å². The normalized spacial score (nSPS) is 22.2. The molecule has 4 nitrogen and oxygen atoms in total. The fourth-order valence-corrected chi connectivity index (χ4v) is 5.11. The number of carbonyl (C=O) groups is 1. The predicted molar refractivity (Wildman–Crippen MR) is 129 cm³/mol. The number of amides is 1. The number of rotatable bonds is 5. The lowest BCUT2D eigenvalue weighted by Crippen LogP contribution is -2.41. The molecule has 0 radical (unpaired) electrons. The number of nitrogens with one attached hydrogen (secondary N) is 1. The average molecular weight is 458 g/mol. The molecule has 164 valence electrons. The van der Waals surface area contributed by atoms with Crippen molar-refractivity contribution in [3.63, 3.8) is 0 Å². The maximum atomic E-state index is 13.4. The van der Waals surface area contributed by atoms with E-state index in [2.05, 4.69) is 12.2 Å². The molecular weight excluding hydrogens is 429 g/mol. The summed E-state index contributed by atoms with van der Waals surface area (Å²) in [7, 11) is 0. The first kappa shape index (κ1) is 22.2. The molecule has 2 aromatic carbocycles. The third-order valence-electron chi connectivity index (χ3n) is 6.38. The number of hydrogen-bond acceptors (Lipinski definition) is 3. The van der Waals surface area contributed by atoms with Gasteiger partial charge in [0.05, 0.1) is 16.8 Å². The van der Waals surface area contributed by atoms with Crippen molar-refractivity contribution in [2.75, 3.05) is 5.01 Å². The quantitative estimate of drug-likeness (QED) is 0.502. The molecule has 1 saturated carbocycles. The van der Waals surface area contributed by atoms with E-state index in [-0.39, 0.29) is 23.9 Å². The lowest BCUT2D eigenvalue weighted by atomic mass is 9.87. The van der Waals surface area contributed by atoms with Crippen LogP contribution in [0.5, 0.6) is 0 Å². The summed E-state index contributed by atoms with van der Waals surface area (Å²) in [5, 5.41) is 11.4. The van der Waals surface area contributed by atoms with Crippen molar-refractivity contribution in [3.05, 3.63) is 64.1 Å². The minimum absolute atomic E-state index is 0.0387. The number of halogens is 2. The van der Waals surface area contributed by atoms with Gasteiger partial charge in [0, 0.05) is 17.0 Å². The van der Waals surface area contributed by atoms with Gasteiger partial charge in [-0.25, -0.2) is 0 Å². The molecular formula is C25H29Cl2N3O. The van der Waals surface area contributed by atoms with Crippen LogP contribution in [0, 0.1) is 5.92 Å². The summed E-state index contributed by atoms with van der Waals surface area (Å²) in [5.74, 6) is -0.0875. The Kier molecular flexibility index (Phi) is 7.19. The van der Waals surface area contributed by atoms with Crippen molar-refractivity contribution >= 4 is 40.5 Å². The maximum absolute atomic E-state index is 13.4. The largest absolute Gasteiger partial charge is 0.348 e. The summed E-state index contributed by atoms with van der Waals surface area (Å²) in [6, 6.07) is 15.6. The van der Waals surface area contributed by atoms with E-state index < -0.39 is 0 Å². The van der Waals surface area contributed by atoms with E-state index in [4.69, 9.17) is 28.3 Å². The van der Waals surface area contributed by atoms with Crippen molar-refractivity contribution in [3.8, 4) is 0 Å². The monoisotopic (exact) mass is 457 g/mol. The van der Waals surface area contributed by atoms with Gasteiger partial charge in [-0.3, -0.25) is 9.80 Å². The van der Waals surface area contributed by atoms with Crippen LogP contribution >= 0.6 is 23.2 Å². The van der Waals surface area contributed by atoms with E-state index in [1.165, 1.54) is 25.7 Å². The number of para-hydroxylation sites is 1. The molecule has 0 aromatic heterocycles. The minimum Gasteiger partial charge on any atom is -0.348 e. The standard InChI is InChI=1S/C25H29Cl2N3O/c1-2-20-23(25(31)28-19-9-5-3-4-6-10-19)29-30(22-12-8-7-11-21(22)27)24(20)17-13-15-18(26)16-14-17/h7-8,11-16,19-20,24H,2-6,9-10H2,1H3,(H,28,31)/t20-,24-/m1/s1. The van der Waals surface area contributed by atoms with E-state index in [9.17, 15) is 4.79 Å². The van der Waals surface area contributed by atoms with E-state index >= 15 is 0 Å². The average Bonchev–Trinajstić information content (AvgIpc) is 2.97. The van der Waals surface area contributed by atoms with E-state index in [1.54, 1.807) is 0 Å². The number of benzene rings is 2. The molecule has 1 aliphatic carbocycles. The Morgan fingerprint density at radius 1 is 1.03 bits per heavy atom. The van der Waals surface area contributed by atoms with Crippen LogP contribution in [0.2, 0.25) is 10.0 Å². The second-order valence-electron chi connectivity index (χ2n) is 8.45. The van der Waals surface area contributed by atoms with Crippen LogP contribution in [0.4, 0.5) is 5.69 Å². The smallest absolute Gasteiger partial charge is 0.268 e. The summed E-state index contributed by atoms with van der Waals surface area (Å²) in [4.78, 5) is 13.4. The number of carbonyl (C=O) groups excluding carboxylic acids is 1. The van der Waals surface area contributed by atoms with Crippen molar-refractivity contribution < 1.29 is 4.79 Å². The number of anilines is 1. The van der Waals surface area contributed by atoms with Crippen molar-refractivity contribution in [1.82, 2.24) is 5.32 Å². The summed E-state index contributed by atoms with van der Waals surface area (Å²) in [6.45, 7) is 2.11. The number of hydrazone groups is 1. The van der Waals surface area contributed by atoms with Gasteiger partial charge in [-0.2, -0.15) is 5.10 Å². The maximum Gasteiger partial charge on any atom is 0.268 e. The zero-order valence-corrected chi connectivity index (χ0v) is 19.4. The third-order valence-corrected chi connectivity index (χ3v) is 6.96. The molecule has 1 N–H and O–H groups in total. The Balaban J connectivity index is 1.68. The Bertz CT molecular complexity index is 936. The molecule has 2 atom stereocenters. The molecule has 0 unspecified atom stereocenters. The van der Waals surface area contributed by atoms with Crippen LogP contribution in [0.3, 0.4) is 0 Å². The van der Waals surface area contributed by atoms with Crippen LogP contribution in [0.25, 0.3) is 0 Å². The van der Waals surface area contributed by atoms with E-state index in [0.717, 1.165) is 30.5 Å². The van der Waals surface area contributed by atoms with Crippen LogP contribution < -0.4 is 10.3 Å². The van der Waals surface area contributed by atoms with Crippen molar-refractivity contribution in [2.45, 2.75) is 64.0 Å². The number of nitrogens with zero attached hydrogens (tertiary/aromatic N) is 2. The van der Waals surface area contributed by atoms with Gasteiger partial charge in [-0.1, -0.05) is 80.1 Å². The lowest BCUT2D eigenvalue weighted by molar-refractivity contribution is -0.115.